The molecule has 38 heavy (non-hydrogen) atoms. The van der Waals surface area contributed by atoms with Crippen molar-refractivity contribution in [3.05, 3.63) is 84.4 Å². The predicted octanol–water partition coefficient (Wildman–Crippen LogP) is 4.36. The van der Waals surface area contributed by atoms with Crippen molar-refractivity contribution in [3.8, 4) is 16.8 Å². The molecule has 0 unspecified atom stereocenters. The first kappa shape index (κ1) is 25.4. The number of para-hydroxylation sites is 1. The summed E-state index contributed by atoms with van der Waals surface area (Å²) in [4.78, 5) is 30.4. The first-order valence-electron chi connectivity index (χ1n) is 13.1. The van der Waals surface area contributed by atoms with Crippen LogP contribution >= 0.6 is 0 Å². The molecule has 0 bridgehead atoms. The van der Waals surface area contributed by atoms with E-state index < -0.39 is 0 Å². The van der Waals surface area contributed by atoms with E-state index in [1.165, 1.54) is 6.42 Å². The molecule has 9 nitrogen and oxygen atoms in total. The molecule has 3 heterocycles. The molecule has 5 rings (SSSR count). The van der Waals surface area contributed by atoms with Gasteiger partial charge in [0.1, 0.15) is 0 Å². The Hall–Kier alpha value is -4.24. The quantitative estimate of drug-likeness (QED) is 0.348. The van der Waals surface area contributed by atoms with E-state index in [1.54, 1.807) is 16.9 Å². The van der Waals surface area contributed by atoms with Crippen molar-refractivity contribution in [1.29, 1.82) is 0 Å². The number of carbonyl (C=O) groups excluding carboxylic acids is 2. The van der Waals surface area contributed by atoms with Crippen LogP contribution < -0.4 is 10.7 Å². The van der Waals surface area contributed by atoms with Gasteiger partial charge in [-0.15, -0.1) is 0 Å². The van der Waals surface area contributed by atoms with Crippen LogP contribution in [0.4, 0.5) is 5.95 Å². The van der Waals surface area contributed by atoms with Crippen LogP contribution in [0.25, 0.3) is 16.8 Å². The number of rotatable bonds is 9. The average molecular weight is 512 g/mol. The summed E-state index contributed by atoms with van der Waals surface area (Å²) in [6, 6.07) is 17.2. The smallest absolute Gasteiger partial charge is 0.258 e. The van der Waals surface area contributed by atoms with Gasteiger partial charge in [0.05, 0.1) is 11.9 Å². The number of carbonyl (C=O) groups is 2. The van der Waals surface area contributed by atoms with Crippen molar-refractivity contribution in [2.75, 3.05) is 18.4 Å². The third-order valence-electron chi connectivity index (χ3n) is 6.65. The van der Waals surface area contributed by atoms with Crippen molar-refractivity contribution in [3.63, 3.8) is 0 Å². The Bertz CT molecular complexity index is 1390. The highest BCUT2D eigenvalue weighted by Gasteiger charge is 2.16. The molecule has 1 saturated heterocycles. The van der Waals surface area contributed by atoms with Gasteiger partial charge in [0.2, 0.25) is 11.9 Å². The molecular weight excluding hydrogens is 478 g/mol. The van der Waals surface area contributed by atoms with Gasteiger partial charge in [-0.1, -0.05) is 36.8 Å². The normalized spacial score (nSPS) is 13.8. The average Bonchev–Trinajstić information content (AvgIpc) is 3.56. The highest BCUT2D eigenvalue weighted by atomic mass is 16.2. The van der Waals surface area contributed by atoms with E-state index in [2.05, 4.69) is 15.8 Å². The first-order valence-corrected chi connectivity index (χ1v) is 13.1. The number of hydrazine groups is 1. The van der Waals surface area contributed by atoms with Crippen molar-refractivity contribution >= 4 is 17.8 Å². The first-order chi connectivity index (χ1) is 18.5. The second-order valence-corrected chi connectivity index (χ2v) is 9.64. The van der Waals surface area contributed by atoms with Crippen LogP contribution in [-0.4, -0.2) is 49.2 Å². The molecule has 1 fully saturated rings. The second-order valence-electron chi connectivity index (χ2n) is 9.64. The molecule has 0 spiro atoms. The second kappa shape index (κ2) is 11.9. The number of hydrogen-bond donors (Lipinski definition) is 2. The van der Waals surface area contributed by atoms with Gasteiger partial charge < -0.3 is 0 Å². The van der Waals surface area contributed by atoms with Crippen LogP contribution in [-0.2, 0) is 18.3 Å². The van der Waals surface area contributed by atoms with Gasteiger partial charge in [-0.2, -0.15) is 5.10 Å². The molecule has 2 aromatic heterocycles. The Morgan fingerprint density at radius 1 is 0.947 bits per heavy atom. The summed E-state index contributed by atoms with van der Waals surface area (Å²) < 4.78 is 3.61. The highest BCUT2D eigenvalue weighted by molar-refractivity contribution is 6.04. The number of hydrogen-bond acceptors (Lipinski definition) is 5. The zero-order valence-corrected chi connectivity index (χ0v) is 21.6. The van der Waals surface area contributed by atoms with E-state index >= 15 is 0 Å². The minimum Gasteiger partial charge on any atom is -0.292 e. The van der Waals surface area contributed by atoms with E-state index in [1.807, 2.05) is 77.5 Å². The number of nitrogens with one attached hydrogen (secondary N) is 2. The zero-order chi connectivity index (χ0) is 26.3. The summed E-state index contributed by atoms with van der Waals surface area (Å²) in [5, 5.41) is 9.23. The molecule has 0 radical (unpaired) electrons. The van der Waals surface area contributed by atoms with Crippen LogP contribution in [0.5, 0.6) is 0 Å². The SMILES string of the molecule is Cn1cc(-c2cccc(C(=O)Nc3nc(CCCC(=O)NN4CCCCC4)cn3-c3ccccc3)c2)cn1. The van der Waals surface area contributed by atoms with Crippen LogP contribution in [0.3, 0.4) is 0 Å². The summed E-state index contributed by atoms with van der Waals surface area (Å²) in [7, 11) is 1.86. The molecule has 2 amide bonds. The summed E-state index contributed by atoms with van der Waals surface area (Å²) in [5.74, 6) is 0.239. The third kappa shape index (κ3) is 6.36. The Kier molecular flexibility index (Phi) is 7.94. The van der Waals surface area contributed by atoms with Crippen LogP contribution in [0.2, 0.25) is 0 Å². The fraction of sp³-hybridized carbons (Fsp3) is 0.310. The van der Waals surface area contributed by atoms with Gasteiger partial charge in [0.25, 0.3) is 5.91 Å². The standard InChI is InChI=1S/C29H33N7O2/c1-34-20-24(19-30-34)22-10-8-11-23(18-22)28(38)32-29-31-25(21-36(29)26-13-4-2-5-14-26)12-9-15-27(37)33-35-16-6-3-7-17-35/h2,4-5,8,10-11,13-14,18-21H,3,6-7,9,12,15-17H2,1H3,(H,33,37)(H,31,32,38). The number of benzene rings is 2. The molecule has 1 aliphatic rings. The molecule has 9 heteroatoms. The maximum atomic E-state index is 13.2. The van der Waals surface area contributed by atoms with Crippen molar-refractivity contribution in [1.82, 2.24) is 29.8 Å². The van der Waals surface area contributed by atoms with E-state index in [0.29, 0.717) is 30.8 Å². The van der Waals surface area contributed by atoms with Crippen molar-refractivity contribution in [2.24, 2.45) is 7.05 Å². The summed E-state index contributed by atoms with van der Waals surface area (Å²) in [6.07, 6.45) is 10.8. The lowest BCUT2D eigenvalue weighted by molar-refractivity contribution is -0.126. The van der Waals surface area contributed by atoms with Gasteiger partial charge in [-0.25, -0.2) is 9.99 Å². The summed E-state index contributed by atoms with van der Waals surface area (Å²) in [5.41, 5.74) is 7.12. The number of aryl methyl sites for hydroxylation is 2. The van der Waals surface area contributed by atoms with E-state index in [0.717, 1.165) is 48.4 Å². The molecule has 0 atom stereocenters. The lowest BCUT2D eigenvalue weighted by atomic mass is 10.1. The molecule has 0 aliphatic carbocycles. The molecule has 0 saturated carbocycles. The Labute approximate surface area is 222 Å². The van der Waals surface area contributed by atoms with Crippen molar-refractivity contribution in [2.45, 2.75) is 38.5 Å². The number of anilines is 1. The lowest BCUT2D eigenvalue weighted by Gasteiger charge is -2.26. The van der Waals surface area contributed by atoms with Gasteiger partial charge in [0.15, 0.2) is 0 Å². The minimum absolute atomic E-state index is 0.0383. The van der Waals surface area contributed by atoms with Gasteiger partial charge in [0, 0.05) is 55.8 Å². The molecular formula is C29H33N7O2. The Balaban J connectivity index is 1.28. The molecule has 2 N–H and O–H groups in total. The zero-order valence-electron chi connectivity index (χ0n) is 21.6. The summed E-state index contributed by atoms with van der Waals surface area (Å²) in [6.45, 7) is 1.84. The predicted molar refractivity (Wildman–Crippen MR) is 147 cm³/mol. The van der Waals surface area contributed by atoms with Crippen LogP contribution in [0.15, 0.2) is 73.2 Å². The fourth-order valence-corrected chi connectivity index (χ4v) is 4.68. The fourth-order valence-electron chi connectivity index (χ4n) is 4.68. The van der Waals surface area contributed by atoms with E-state index in [4.69, 9.17) is 4.98 Å². The molecule has 196 valence electrons. The number of nitrogens with zero attached hydrogens (tertiary/aromatic N) is 5. The molecule has 2 aromatic carbocycles. The number of piperidine rings is 1. The third-order valence-corrected chi connectivity index (χ3v) is 6.65. The van der Waals surface area contributed by atoms with Gasteiger partial charge in [-0.05, 0) is 55.5 Å². The minimum atomic E-state index is -0.244. The number of aromatic nitrogens is 4. The Morgan fingerprint density at radius 2 is 1.76 bits per heavy atom. The van der Waals surface area contributed by atoms with Gasteiger partial charge in [-0.3, -0.25) is 29.6 Å². The topological polar surface area (TPSA) is 97.1 Å². The van der Waals surface area contributed by atoms with Crippen LogP contribution in [0, 0.1) is 0 Å². The monoisotopic (exact) mass is 511 g/mol. The largest absolute Gasteiger partial charge is 0.292 e. The van der Waals surface area contributed by atoms with E-state index in [-0.39, 0.29) is 11.8 Å². The van der Waals surface area contributed by atoms with E-state index in [9.17, 15) is 9.59 Å². The maximum absolute atomic E-state index is 13.2. The molecule has 4 aromatic rings. The number of imidazole rings is 1. The van der Waals surface area contributed by atoms with Crippen molar-refractivity contribution < 1.29 is 9.59 Å². The molecule has 1 aliphatic heterocycles. The highest BCUT2D eigenvalue weighted by Crippen LogP contribution is 2.22. The lowest BCUT2D eigenvalue weighted by Crippen LogP contribution is -2.44. The van der Waals surface area contributed by atoms with Crippen LogP contribution in [0.1, 0.15) is 48.2 Å². The maximum Gasteiger partial charge on any atom is 0.258 e. The van der Waals surface area contributed by atoms with Gasteiger partial charge >= 0.3 is 0 Å². The Morgan fingerprint density at radius 3 is 2.53 bits per heavy atom. The number of amides is 2. The summed E-state index contributed by atoms with van der Waals surface area (Å²) >= 11 is 0.